The number of anilines is 1. The first-order valence-electron chi connectivity index (χ1n) is 17.0. The molecular weight excluding hydrogens is 657 g/mol. The first kappa shape index (κ1) is 36.9. The van der Waals surface area contributed by atoms with E-state index in [1.807, 2.05) is 45.9 Å². The number of amides is 2. The predicted octanol–water partition coefficient (Wildman–Crippen LogP) is 7.91. The largest absolute Gasteiger partial charge is 0.464 e. The molecule has 5 atom stereocenters. The smallest absolute Gasteiger partial charge is 0.332 e. The summed E-state index contributed by atoms with van der Waals surface area (Å²) in [5, 5.41) is 6.82. The van der Waals surface area contributed by atoms with Gasteiger partial charge >= 0.3 is 5.97 Å². The lowest BCUT2D eigenvalue weighted by Gasteiger charge is -2.41. The monoisotopic (exact) mass is 702 g/mol. The van der Waals surface area contributed by atoms with Gasteiger partial charge in [0, 0.05) is 29.6 Å². The van der Waals surface area contributed by atoms with Gasteiger partial charge in [0.15, 0.2) is 0 Å². The van der Waals surface area contributed by atoms with Crippen molar-refractivity contribution < 1.29 is 28.2 Å². The van der Waals surface area contributed by atoms with Gasteiger partial charge in [-0.2, -0.15) is 5.92 Å². The van der Waals surface area contributed by atoms with Crippen molar-refractivity contribution in [1.29, 1.82) is 0 Å². The highest BCUT2D eigenvalue weighted by molar-refractivity contribution is 6.30. The van der Waals surface area contributed by atoms with E-state index in [4.69, 9.17) is 21.1 Å². The minimum absolute atomic E-state index is 0.146. The highest BCUT2D eigenvalue weighted by Gasteiger charge is 2.62. The number of hydrogen-bond acceptors (Lipinski definition) is 6. The van der Waals surface area contributed by atoms with E-state index < -0.39 is 34.9 Å². The van der Waals surface area contributed by atoms with Crippen molar-refractivity contribution in [2.24, 2.45) is 17.3 Å². The molecule has 5 rings (SSSR count). The van der Waals surface area contributed by atoms with Crippen molar-refractivity contribution >= 4 is 35.1 Å². The fourth-order valence-corrected chi connectivity index (χ4v) is 6.49. The van der Waals surface area contributed by atoms with Gasteiger partial charge in [-0.05, 0) is 84.0 Å². The third-order valence-corrected chi connectivity index (χ3v) is 9.51. The maximum atomic E-state index is 14.6. The Labute approximate surface area is 299 Å². The van der Waals surface area contributed by atoms with Gasteiger partial charge in [-0.25, -0.2) is 9.18 Å². The van der Waals surface area contributed by atoms with Crippen LogP contribution in [0, 0.1) is 30.0 Å². The molecule has 3 aromatic rings. The molecule has 10 heteroatoms. The lowest BCUT2D eigenvalue weighted by Crippen LogP contribution is -2.60. The van der Waals surface area contributed by atoms with E-state index in [2.05, 4.69) is 24.1 Å². The molecule has 5 unspecified atom stereocenters. The van der Waals surface area contributed by atoms with Crippen LogP contribution in [0.25, 0.3) is 0 Å². The van der Waals surface area contributed by atoms with Crippen LogP contribution in [0.5, 0.6) is 11.5 Å². The third kappa shape index (κ3) is 8.67. The van der Waals surface area contributed by atoms with Crippen molar-refractivity contribution in [3.8, 4) is 11.5 Å². The molecule has 8 nitrogen and oxygen atoms in total. The van der Waals surface area contributed by atoms with E-state index >= 15 is 0 Å². The number of fused-ring (bicyclic) bond motifs is 1. The summed E-state index contributed by atoms with van der Waals surface area (Å²) < 4.78 is 25.4. The van der Waals surface area contributed by atoms with Crippen molar-refractivity contribution in [3.63, 3.8) is 0 Å². The number of ether oxygens (including phenoxy) is 2. The molecule has 1 aliphatic heterocycles. The second-order valence-corrected chi connectivity index (χ2v) is 15.0. The zero-order valence-electron chi connectivity index (χ0n) is 29.1. The summed E-state index contributed by atoms with van der Waals surface area (Å²) in [5.74, 6) is -0.619. The lowest BCUT2D eigenvalue weighted by atomic mass is 9.84. The molecule has 1 heterocycles. The van der Waals surface area contributed by atoms with Crippen molar-refractivity contribution in [2.45, 2.75) is 77.5 Å². The van der Waals surface area contributed by atoms with Crippen LogP contribution in [-0.2, 0) is 32.1 Å². The van der Waals surface area contributed by atoms with Crippen LogP contribution >= 0.6 is 11.6 Å². The summed E-state index contributed by atoms with van der Waals surface area (Å²) >= 11 is 6.16. The Kier molecular flexibility index (Phi) is 11.3. The number of benzene rings is 3. The fourth-order valence-electron chi connectivity index (χ4n) is 6.31. The van der Waals surface area contributed by atoms with Crippen molar-refractivity contribution in [1.82, 2.24) is 10.2 Å². The number of nitrogens with zero attached hydrogens (tertiary/aromatic N) is 1. The molecule has 2 N–H and O–H groups in total. The molecule has 2 amide bonds. The number of esters is 1. The first-order valence-corrected chi connectivity index (χ1v) is 17.4. The number of hydrogen-bond donors (Lipinski definition) is 2. The zero-order chi connectivity index (χ0) is 36.2. The van der Waals surface area contributed by atoms with E-state index in [1.54, 1.807) is 47.4 Å². The molecule has 1 aliphatic carbocycles. The number of carbonyl (C=O) groups excluding carboxylic acids is 3. The Bertz CT molecular complexity index is 1720. The second kappa shape index (κ2) is 15.3. The highest BCUT2D eigenvalue weighted by atomic mass is 35.5. The summed E-state index contributed by atoms with van der Waals surface area (Å²) in [7, 11) is 0. The molecule has 0 aromatic heterocycles. The molecule has 1 fully saturated rings. The Morgan fingerprint density at radius 1 is 1.10 bits per heavy atom. The fraction of sp³-hybridized carbons (Fsp3) is 0.400. The maximum absolute atomic E-state index is 14.6. The second-order valence-electron chi connectivity index (χ2n) is 14.5. The normalized spacial score (nSPS) is 20.9. The Hall–Kier alpha value is -4.37. The topological polar surface area (TPSA) is 97.0 Å². The quantitative estimate of drug-likeness (QED) is 0.0814. The number of halogens is 2. The van der Waals surface area contributed by atoms with Gasteiger partial charge in [-0.15, -0.1) is 6.58 Å². The van der Waals surface area contributed by atoms with Gasteiger partial charge in [0.2, 0.25) is 11.8 Å². The van der Waals surface area contributed by atoms with Crippen LogP contribution in [0.2, 0.25) is 5.02 Å². The zero-order valence-corrected chi connectivity index (χ0v) is 29.9. The summed E-state index contributed by atoms with van der Waals surface area (Å²) in [6.07, 6.45) is 3.66. The average Bonchev–Trinajstić information content (AvgIpc) is 3.78. The van der Waals surface area contributed by atoms with Crippen LogP contribution in [0.1, 0.15) is 58.1 Å². The minimum atomic E-state index is -1.25. The van der Waals surface area contributed by atoms with E-state index in [9.17, 15) is 18.8 Å². The maximum Gasteiger partial charge on any atom is 0.332 e. The van der Waals surface area contributed by atoms with E-state index in [-0.39, 0.29) is 43.1 Å². The van der Waals surface area contributed by atoms with E-state index in [0.717, 1.165) is 17.5 Å². The van der Waals surface area contributed by atoms with Crippen LogP contribution in [-0.4, -0.2) is 46.9 Å². The Morgan fingerprint density at radius 3 is 2.46 bits per heavy atom. The van der Waals surface area contributed by atoms with Gasteiger partial charge in [-0.3, -0.25) is 9.59 Å². The predicted molar refractivity (Wildman–Crippen MR) is 193 cm³/mol. The molecule has 2 aliphatic rings. The van der Waals surface area contributed by atoms with Crippen LogP contribution in [0.3, 0.4) is 0 Å². The highest BCUT2D eigenvalue weighted by Crippen LogP contribution is 2.46. The summed E-state index contributed by atoms with van der Waals surface area (Å²) in [6.45, 7) is 16.0. The van der Waals surface area contributed by atoms with Crippen LogP contribution < -0.4 is 15.4 Å². The number of carbonyl (C=O) groups is 3. The Balaban J connectivity index is 1.45. The summed E-state index contributed by atoms with van der Waals surface area (Å²) in [4.78, 5) is 44.0. The summed E-state index contributed by atoms with van der Waals surface area (Å²) in [6, 6.07) is 16.7. The molecular formula is C40H46ClFN3O5-. The average molecular weight is 703 g/mol. The number of nitrogens with one attached hydrogen (secondary N) is 2. The first-order chi connectivity index (χ1) is 23.7. The summed E-state index contributed by atoms with van der Waals surface area (Å²) in [5.41, 5.74) is 0.421. The molecule has 50 heavy (non-hydrogen) atoms. The molecule has 0 saturated heterocycles. The number of rotatable bonds is 13. The SMILES string of the molecule is C=CC1CC1(NC(=O)C1Cc2cc(Oc3cccc(Cl)c3)ccc2CN1C(=O)C(Nc1ccc(F)cc1)C(C)(C)C)C(=O)OCCCC([CH2-])C. The minimum Gasteiger partial charge on any atom is -0.464 e. The standard InChI is InChI=1S/C40H46ClFN3O5/c1-7-28-23-40(28,38(48)49-19-9-10-25(2)3)44-36(46)34-21-27-20-33(50-32-12-8-11-29(41)22-32)18-13-26(27)24-45(34)37(47)35(39(4,5)6)43-31-16-14-30(42)15-17-31/h7-8,11-18,20,22,25,28,34-35,43H,1-2,9-10,19,21,23-24H2,3-6H3,(H,44,46)/q-1. The van der Waals surface area contributed by atoms with Gasteiger partial charge in [0.25, 0.3) is 0 Å². The van der Waals surface area contributed by atoms with E-state index in [1.165, 1.54) is 12.1 Å². The molecule has 0 bridgehead atoms. The van der Waals surface area contributed by atoms with Gasteiger partial charge in [0.1, 0.15) is 34.9 Å². The molecule has 266 valence electrons. The Morgan fingerprint density at radius 2 is 1.82 bits per heavy atom. The lowest BCUT2D eigenvalue weighted by molar-refractivity contribution is -0.151. The molecule has 0 radical (unpaired) electrons. The molecule has 0 spiro atoms. The van der Waals surface area contributed by atoms with Gasteiger partial charge in [-0.1, -0.05) is 63.9 Å². The van der Waals surface area contributed by atoms with Crippen LogP contribution in [0.15, 0.2) is 79.4 Å². The molecule has 1 saturated carbocycles. The van der Waals surface area contributed by atoms with Gasteiger partial charge in [0.05, 0.1) is 6.61 Å². The van der Waals surface area contributed by atoms with Gasteiger partial charge < -0.3 is 31.9 Å². The third-order valence-electron chi connectivity index (χ3n) is 9.28. The van der Waals surface area contributed by atoms with E-state index in [0.29, 0.717) is 35.1 Å². The van der Waals surface area contributed by atoms with Crippen molar-refractivity contribution in [2.75, 3.05) is 11.9 Å². The molecule has 3 aromatic carbocycles. The van der Waals surface area contributed by atoms with Crippen LogP contribution in [0.4, 0.5) is 10.1 Å². The van der Waals surface area contributed by atoms with Crippen molar-refractivity contribution in [3.05, 3.63) is 108 Å².